The van der Waals surface area contributed by atoms with Crippen LogP contribution in [0.4, 0.5) is 5.82 Å². The summed E-state index contributed by atoms with van der Waals surface area (Å²) in [6.07, 6.45) is 3.50. The number of hydrogen-bond donors (Lipinski definition) is 1. The number of nitrogens with two attached hydrogens (primary N) is 1. The second-order valence-corrected chi connectivity index (χ2v) is 4.06. The van der Waals surface area contributed by atoms with Crippen LogP contribution in [0.3, 0.4) is 0 Å². The van der Waals surface area contributed by atoms with Gasteiger partial charge in [-0.1, -0.05) is 12.1 Å². The Morgan fingerprint density at radius 2 is 1.42 bits per heavy atom. The minimum Gasteiger partial charge on any atom is -0.384 e. The zero-order valence-electron chi connectivity index (χ0n) is 10.2. The van der Waals surface area contributed by atoms with E-state index in [4.69, 9.17) is 5.73 Å². The van der Waals surface area contributed by atoms with Crippen LogP contribution >= 0.6 is 0 Å². The van der Waals surface area contributed by atoms with Crippen LogP contribution in [-0.2, 0) is 0 Å². The minimum atomic E-state index is 0.473. The standard InChI is InChI=1S/C15H12N4/c16-14-8-7-11(12-5-1-3-9-17-12)15(19-14)13-6-2-4-10-18-13/h1-10H,(H2,16,19). The van der Waals surface area contributed by atoms with Crippen LogP contribution in [0.5, 0.6) is 0 Å². The predicted octanol–water partition coefficient (Wildman–Crippen LogP) is 2.79. The maximum atomic E-state index is 5.78. The van der Waals surface area contributed by atoms with Crippen molar-refractivity contribution in [2.75, 3.05) is 5.73 Å². The molecule has 0 bridgehead atoms. The van der Waals surface area contributed by atoms with Gasteiger partial charge in [-0.2, -0.15) is 0 Å². The first kappa shape index (κ1) is 11.3. The van der Waals surface area contributed by atoms with E-state index < -0.39 is 0 Å². The normalized spacial score (nSPS) is 10.3. The van der Waals surface area contributed by atoms with E-state index in [2.05, 4.69) is 15.0 Å². The summed E-state index contributed by atoms with van der Waals surface area (Å²) in [7, 11) is 0. The molecule has 0 atom stereocenters. The lowest BCUT2D eigenvalue weighted by molar-refractivity contribution is 1.24. The molecule has 0 unspecified atom stereocenters. The maximum absolute atomic E-state index is 5.78. The molecule has 0 radical (unpaired) electrons. The van der Waals surface area contributed by atoms with Gasteiger partial charge in [0.25, 0.3) is 0 Å². The Morgan fingerprint density at radius 1 is 0.737 bits per heavy atom. The molecule has 0 saturated carbocycles. The quantitative estimate of drug-likeness (QED) is 0.757. The van der Waals surface area contributed by atoms with E-state index in [0.717, 1.165) is 22.6 Å². The Labute approximate surface area is 111 Å². The molecule has 4 heteroatoms. The SMILES string of the molecule is Nc1ccc(-c2ccccn2)c(-c2ccccn2)n1. The second kappa shape index (κ2) is 4.86. The van der Waals surface area contributed by atoms with Crippen LogP contribution < -0.4 is 5.73 Å². The Kier molecular flexibility index (Phi) is 2.90. The van der Waals surface area contributed by atoms with E-state index in [1.54, 1.807) is 18.5 Å². The van der Waals surface area contributed by atoms with Crippen LogP contribution in [-0.4, -0.2) is 15.0 Å². The third kappa shape index (κ3) is 2.28. The number of anilines is 1. The first-order valence-corrected chi connectivity index (χ1v) is 5.94. The van der Waals surface area contributed by atoms with Gasteiger partial charge in [-0.15, -0.1) is 0 Å². The van der Waals surface area contributed by atoms with Crippen molar-refractivity contribution in [2.45, 2.75) is 0 Å². The van der Waals surface area contributed by atoms with Gasteiger partial charge in [-0.3, -0.25) is 9.97 Å². The van der Waals surface area contributed by atoms with Gasteiger partial charge in [0.2, 0.25) is 0 Å². The molecule has 3 aromatic rings. The number of nitrogen functional groups attached to an aromatic ring is 1. The van der Waals surface area contributed by atoms with Crippen molar-refractivity contribution in [3.05, 3.63) is 60.9 Å². The Bertz CT molecular complexity index is 681. The van der Waals surface area contributed by atoms with Crippen molar-refractivity contribution in [2.24, 2.45) is 0 Å². The Morgan fingerprint density at radius 3 is 2.05 bits per heavy atom. The number of aromatic nitrogens is 3. The Hall–Kier alpha value is -2.75. The van der Waals surface area contributed by atoms with E-state index in [9.17, 15) is 0 Å². The molecule has 0 saturated heterocycles. The topological polar surface area (TPSA) is 64.7 Å². The van der Waals surface area contributed by atoms with Crippen LogP contribution in [0.25, 0.3) is 22.6 Å². The third-order valence-electron chi connectivity index (χ3n) is 2.77. The zero-order chi connectivity index (χ0) is 13.1. The lowest BCUT2D eigenvalue weighted by Gasteiger charge is -2.08. The van der Waals surface area contributed by atoms with Gasteiger partial charge in [-0.05, 0) is 36.4 Å². The molecule has 92 valence electrons. The highest BCUT2D eigenvalue weighted by Crippen LogP contribution is 2.28. The average molecular weight is 248 g/mol. The van der Waals surface area contributed by atoms with Crippen molar-refractivity contribution in [3.63, 3.8) is 0 Å². The molecule has 0 spiro atoms. The fraction of sp³-hybridized carbons (Fsp3) is 0. The fourth-order valence-electron chi connectivity index (χ4n) is 1.90. The highest BCUT2D eigenvalue weighted by atomic mass is 14.9. The summed E-state index contributed by atoms with van der Waals surface area (Å²) < 4.78 is 0. The maximum Gasteiger partial charge on any atom is 0.124 e. The van der Waals surface area contributed by atoms with E-state index in [1.807, 2.05) is 42.5 Å². The van der Waals surface area contributed by atoms with Crippen molar-refractivity contribution in [1.29, 1.82) is 0 Å². The summed E-state index contributed by atoms with van der Waals surface area (Å²) in [5.74, 6) is 0.473. The number of pyridine rings is 3. The molecule has 0 aromatic carbocycles. The summed E-state index contributed by atoms with van der Waals surface area (Å²) in [4.78, 5) is 13.1. The van der Waals surface area contributed by atoms with Crippen LogP contribution in [0.1, 0.15) is 0 Å². The number of hydrogen-bond acceptors (Lipinski definition) is 4. The fourth-order valence-corrected chi connectivity index (χ4v) is 1.90. The molecule has 0 amide bonds. The van der Waals surface area contributed by atoms with Crippen molar-refractivity contribution in [3.8, 4) is 22.6 Å². The predicted molar refractivity (Wildman–Crippen MR) is 75.1 cm³/mol. The average Bonchev–Trinajstić information content (AvgIpc) is 2.49. The van der Waals surface area contributed by atoms with Crippen molar-refractivity contribution < 1.29 is 0 Å². The van der Waals surface area contributed by atoms with Gasteiger partial charge in [0.1, 0.15) is 11.5 Å². The molecule has 4 nitrogen and oxygen atoms in total. The molecule has 19 heavy (non-hydrogen) atoms. The van der Waals surface area contributed by atoms with Gasteiger partial charge >= 0.3 is 0 Å². The third-order valence-corrected chi connectivity index (χ3v) is 2.77. The minimum absolute atomic E-state index is 0.473. The summed E-state index contributed by atoms with van der Waals surface area (Å²) in [5.41, 5.74) is 9.10. The number of rotatable bonds is 2. The summed E-state index contributed by atoms with van der Waals surface area (Å²) in [6, 6.07) is 15.2. The number of nitrogens with zero attached hydrogens (tertiary/aromatic N) is 3. The van der Waals surface area contributed by atoms with Gasteiger partial charge in [0, 0.05) is 18.0 Å². The van der Waals surface area contributed by atoms with E-state index in [1.165, 1.54) is 0 Å². The lowest BCUT2D eigenvalue weighted by Crippen LogP contribution is -1.97. The zero-order valence-corrected chi connectivity index (χ0v) is 10.2. The van der Waals surface area contributed by atoms with Crippen molar-refractivity contribution >= 4 is 5.82 Å². The molecule has 0 aliphatic carbocycles. The van der Waals surface area contributed by atoms with E-state index in [0.29, 0.717) is 5.82 Å². The molecule has 0 aliphatic rings. The second-order valence-electron chi connectivity index (χ2n) is 4.06. The highest BCUT2D eigenvalue weighted by Gasteiger charge is 2.11. The molecule has 2 N–H and O–H groups in total. The first-order valence-electron chi connectivity index (χ1n) is 5.94. The van der Waals surface area contributed by atoms with Crippen molar-refractivity contribution in [1.82, 2.24) is 15.0 Å². The lowest BCUT2D eigenvalue weighted by atomic mass is 10.1. The van der Waals surface area contributed by atoms with Crippen LogP contribution in [0.2, 0.25) is 0 Å². The molecule has 3 rings (SSSR count). The van der Waals surface area contributed by atoms with E-state index >= 15 is 0 Å². The van der Waals surface area contributed by atoms with Crippen LogP contribution in [0, 0.1) is 0 Å². The monoisotopic (exact) mass is 248 g/mol. The molecule has 3 aromatic heterocycles. The molecular formula is C15H12N4. The Balaban J connectivity index is 2.21. The largest absolute Gasteiger partial charge is 0.384 e. The first-order chi connectivity index (χ1) is 9.34. The summed E-state index contributed by atoms with van der Waals surface area (Å²) >= 11 is 0. The van der Waals surface area contributed by atoms with Crippen LogP contribution in [0.15, 0.2) is 60.9 Å². The van der Waals surface area contributed by atoms with Gasteiger partial charge in [0.05, 0.1) is 11.4 Å². The molecular weight excluding hydrogens is 236 g/mol. The molecule has 0 fully saturated rings. The van der Waals surface area contributed by atoms with Gasteiger partial charge < -0.3 is 5.73 Å². The van der Waals surface area contributed by atoms with E-state index in [-0.39, 0.29) is 0 Å². The molecule has 0 aliphatic heterocycles. The van der Waals surface area contributed by atoms with Gasteiger partial charge in [-0.25, -0.2) is 4.98 Å². The van der Waals surface area contributed by atoms with Gasteiger partial charge in [0.15, 0.2) is 0 Å². The smallest absolute Gasteiger partial charge is 0.124 e. The highest BCUT2D eigenvalue weighted by molar-refractivity contribution is 5.78. The summed E-state index contributed by atoms with van der Waals surface area (Å²) in [5, 5.41) is 0. The summed E-state index contributed by atoms with van der Waals surface area (Å²) in [6.45, 7) is 0. The molecule has 3 heterocycles.